The molecule has 0 bridgehead atoms. The molecule has 0 fully saturated rings. The lowest BCUT2D eigenvalue weighted by Crippen LogP contribution is -2.35. The second-order valence-electron chi connectivity index (χ2n) is 12.9. The van der Waals surface area contributed by atoms with Crippen LogP contribution < -0.4 is 20.1 Å². The van der Waals surface area contributed by atoms with Crippen LogP contribution in [0.25, 0.3) is 10.8 Å². The molecule has 0 saturated carbocycles. The Balaban J connectivity index is 1.55. The fourth-order valence-corrected chi connectivity index (χ4v) is 7.37. The predicted molar refractivity (Wildman–Crippen MR) is 214 cm³/mol. The van der Waals surface area contributed by atoms with Crippen molar-refractivity contribution >= 4 is 74.1 Å². The largest absolute Gasteiger partial charge is 0.505 e. The van der Waals surface area contributed by atoms with E-state index >= 15 is 0 Å². The summed E-state index contributed by atoms with van der Waals surface area (Å²) in [5, 5.41) is 40.4. The van der Waals surface area contributed by atoms with Gasteiger partial charge in [0.15, 0.2) is 5.75 Å². The van der Waals surface area contributed by atoms with Gasteiger partial charge < -0.3 is 34.8 Å². The van der Waals surface area contributed by atoms with Crippen LogP contribution in [0.1, 0.15) is 39.2 Å². The zero-order chi connectivity index (χ0) is 42.4. The number of fused-ring (bicyclic) bond motifs is 1. The van der Waals surface area contributed by atoms with Crippen LogP contribution in [0.2, 0.25) is 0 Å². The standard InChI is InChI=1S/C39H40N5O12PS/c1-5-55-32-21-31(33(56-6-2)20-30(32)42-41-27-13-10-14-28(18-27)57(49,50)51)43-44-36-34(58(52,53)54)17-25-15-16-26(19-29(25)37(36)45)40-38(46)35(23(4)39(47)48)22(3)24-11-8-7-9-12-24/h7-23,35,45H,5-6H2,1-4H3,(H,40,46)(H,47,48)(H2,49,50,51)(H,52,53,54)/t22-,23+,35?/m1/s1. The number of carbonyl (C=O) groups is 2. The number of phenols is 1. The second-order valence-corrected chi connectivity index (χ2v) is 15.9. The number of aliphatic carboxylic acids is 1. The van der Waals surface area contributed by atoms with E-state index in [1.54, 1.807) is 51.1 Å². The summed E-state index contributed by atoms with van der Waals surface area (Å²) < 4.78 is 58.6. The SMILES string of the molecule is CCOc1cc(N=Nc2c(S(=O)(=O)O)cc3ccc(NC(=O)C([C@H](C)C(=O)O)[C@H](C)c4ccccc4)cc3c2O)c(OCC)cc1N=Nc1cccc(P(=O)(O)O)c1. The lowest BCUT2D eigenvalue weighted by molar-refractivity contribution is -0.146. The molecule has 5 aromatic carbocycles. The first-order valence-electron chi connectivity index (χ1n) is 17.7. The summed E-state index contributed by atoms with van der Waals surface area (Å²) in [5.74, 6) is -4.90. The molecule has 5 aromatic rings. The molecule has 0 aliphatic heterocycles. The second kappa shape index (κ2) is 18.0. The van der Waals surface area contributed by atoms with E-state index in [0.29, 0.717) is 0 Å². The Morgan fingerprint density at radius 2 is 1.43 bits per heavy atom. The van der Waals surface area contributed by atoms with Crippen molar-refractivity contribution in [1.82, 2.24) is 0 Å². The van der Waals surface area contributed by atoms with Crippen molar-refractivity contribution in [2.24, 2.45) is 32.3 Å². The van der Waals surface area contributed by atoms with Gasteiger partial charge in [-0.3, -0.25) is 18.7 Å². The molecule has 0 saturated heterocycles. The van der Waals surface area contributed by atoms with Crippen molar-refractivity contribution in [2.45, 2.75) is 38.5 Å². The normalized spacial score (nSPS) is 13.7. The molecule has 58 heavy (non-hydrogen) atoms. The number of carboxylic acids is 1. The quantitative estimate of drug-likeness (QED) is 0.0311. The van der Waals surface area contributed by atoms with E-state index in [1.165, 1.54) is 61.5 Å². The lowest BCUT2D eigenvalue weighted by atomic mass is 9.79. The van der Waals surface area contributed by atoms with Crippen LogP contribution in [0.4, 0.5) is 28.4 Å². The Labute approximate surface area is 333 Å². The minimum atomic E-state index is -5.01. The highest BCUT2D eigenvalue weighted by molar-refractivity contribution is 7.86. The van der Waals surface area contributed by atoms with Gasteiger partial charge in [-0.05, 0) is 67.1 Å². The number of carboxylic acid groups (broad SMARTS) is 1. The number of anilines is 1. The molecule has 3 atom stereocenters. The monoisotopic (exact) mass is 833 g/mol. The Kier molecular flexibility index (Phi) is 13.4. The average Bonchev–Trinajstić information content (AvgIpc) is 3.17. The van der Waals surface area contributed by atoms with Gasteiger partial charge in [0.05, 0.1) is 36.0 Å². The summed E-state index contributed by atoms with van der Waals surface area (Å²) in [5.41, 5.74) is 0.505. The molecule has 1 amide bonds. The molecular formula is C39H40N5O12PS. The summed E-state index contributed by atoms with van der Waals surface area (Å²) in [6, 6.07) is 22.3. The number of aromatic hydroxyl groups is 1. The van der Waals surface area contributed by atoms with Gasteiger partial charge in [-0.25, -0.2) is 0 Å². The molecule has 0 aromatic heterocycles. The van der Waals surface area contributed by atoms with Gasteiger partial charge in [0.1, 0.15) is 33.5 Å². The number of amides is 1. The van der Waals surface area contributed by atoms with Crippen LogP contribution in [0.3, 0.4) is 0 Å². The number of hydrogen-bond donors (Lipinski definition) is 6. The molecule has 19 heteroatoms. The van der Waals surface area contributed by atoms with Crippen LogP contribution in [0, 0.1) is 11.8 Å². The first-order valence-corrected chi connectivity index (χ1v) is 20.8. The van der Waals surface area contributed by atoms with Crippen molar-refractivity contribution < 1.29 is 56.6 Å². The van der Waals surface area contributed by atoms with Crippen molar-refractivity contribution in [3.63, 3.8) is 0 Å². The zero-order valence-corrected chi connectivity index (χ0v) is 33.3. The minimum Gasteiger partial charge on any atom is -0.505 e. The van der Waals surface area contributed by atoms with Crippen LogP contribution in [0.5, 0.6) is 17.2 Å². The lowest BCUT2D eigenvalue weighted by Gasteiger charge is -2.27. The smallest absolute Gasteiger partial charge is 0.356 e. The maximum Gasteiger partial charge on any atom is 0.356 e. The highest BCUT2D eigenvalue weighted by Gasteiger charge is 2.35. The Bertz CT molecular complexity index is 2560. The van der Waals surface area contributed by atoms with E-state index in [0.717, 1.165) is 11.6 Å². The molecular weight excluding hydrogens is 793 g/mol. The number of nitrogens with one attached hydrogen (secondary N) is 1. The fraction of sp³-hybridized carbons (Fsp3) is 0.231. The molecule has 0 spiro atoms. The van der Waals surface area contributed by atoms with Gasteiger partial charge in [-0.2, -0.15) is 13.5 Å². The van der Waals surface area contributed by atoms with E-state index in [9.17, 15) is 47.1 Å². The number of ether oxygens (including phenoxy) is 2. The van der Waals surface area contributed by atoms with Crippen LogP contribution in [0.15, 0.2) is 116 Å². The third-order valence-corrected chi connectivity index (χ3v) is 10.8. The van der Waals surface area contributed by atoms with E-state index < -0.39 is 63.7 Å². The predicted octanol–water partition coefficient (Wildman–Crippen LogP) is 8.30. The molecule has 1 unspecified atom stereocenters. The van der Waals surface area contributed by atoms with E-state index in [2.05, 4.69) is 25.8 Å². The number of hydrogen-bond acceptors (Lipinski definition) is 12. The fourth-order valence-electron chi connectivity index (χ4n) is 6.13. The maximum atomic E-state index is 13.7. The number of phenolic OH excluding ortho intramolecular Hbond substituents is 1. The van der Waals surface area contributed by atoms with E-state index in [4.69, 9.17) is 9.47 Å². The Hall–Kier alpha value is -6.04. The molecule has 0 heterocycles. The summed E-state index contributed by atoms with van der Waals surface area (Å²) in [6.07, 6.45) is 0. The van der Waals surface area contributed by atoms with Crippen molar-refractivity contribution in [2.75, 3.05) is 18.5 Å². The third-order valence-electron chi connectivity index (χ3n) is 9.03. The molecule has 17 nitrogen and oxygen atoms in total. The average molecular weight is 834 g/mol. The van der Waals surface area contributed by atoms with Crippen LogP contribution in [-0.4, -0.2) is 58.1 Å². The Morgan fingerprint density at radius 3 is 2.00 bits per heavy atom. The van der Waals surface area contributed by atoms with Gasteiger partial charge in [0, 0.05) is 23.2 Å². The summed E-state index contributed by atoms with van der Waals surface area (Å²) >= 11 is 0. The van der Waals surface area contributed by atoms with Crippen molar-refractivity contribution in [3.05, 3.63) is 96.6 Å². The number of rotatable bonds is 16. The zero-order valence-electron chi connectivity index (χ0n) is 31.5. The van der Waals surface area contributed by atoms with Gasteiger partial charge in [0.2, 0.25) is 5.91 Å². The first kappa shape index (κ1) is 43.1. The summed E-state index contributed by atoms with van der Waals surface area (Å²) in [4.78, 5) is 44.1. The van der Waals surface area contributed by atoms with Gasteiger partial charge in [0.25, 0.3) is 10.1 Å². The molecule has 0 aliphatic carbocycles. The van der Waals surface area contributed by atoms with Gasteiger partial charge in [-0.15, -0.1) is 15.3 Å². The van der Waals surface area contributed by atoms with Gasteiger partial charge >= 0.3 is 13.6 Å². The summed E-state index contributed by atoms with van der Waals surface area (Å²) in [7, 11) is -9.56. The van der Waals surface area contributed by atoms with Crippen LogP contribution in [-0.2, 0) is 24.3 Å². The number of carbonyl (C=O) groups excluding carboxylic acids is 1. The van der Waals surface area contributed by atoms with Gasteiger partial charge in [-0.1, -0.05) is 56.3 Å². The van der Waals surface area contributed by atoms with E-state index in [-0.39, 0.29) is 63.5 Å². The molecule has 304 valence electrons. The highest BCUT2D eigenvalue weighted by atomic mass is 32.2. The molecule has 0 radical (unpaired) electrons. The summed E-state index contributed by atoms with van der Waals surface area (Å²) in [6.45, 7) is 6.85. The topological polar surface area (TPSA) is 266 Å². The van der Waals surface area contributed by atoms with Crippen LogP contribution >= 0.6 is 7.60 Å². The van der Waals surface area contributed by atoms with E-state index in [1.807, 2.05) is 0 Å². The van der Waals surface area contributed by atoms with Crippen molar-refractivity contribution in [3.8, 4) is 17.2 Å². The third kappa shape index (κ3) is 10.1. The number of nitrogens with zero attached hydrogens (tertiary/aromatic N) is 4. The first-order chi connectivity index (χ1) is 27.4. The highest BCUT2D eigenvalue weighted by Crippen LogP contribution is 2.45. The van der Waals surface area contributed by atoms with Crippen molar-refractivity contribution in [1.29, 1.82) is 0 Å². The minimum absolute atomic E-state index is 0.0108. The number of azo groups is 2. The molecule has 5 rings (SSSR count). The Morgan fingerprint density at radius 1 is 0.810 bits per heavy atom. The molecule has 6 N–H and O–H groups in total. The molecule has 0 aliphatic rings. The maximum absolute atomic E-state index is 13.7. The number of benzene rings is 5.